The average molecular weight is 342 g/mol. The Morgan fingerprint density at radius 1 is 1.28 bits per heavy atom. The predicted molar refractivity (Wildman–Crippen MR) is 93.9 cm³/mol. The van der Waals surface area contributed by atoms with Gasteiger partial charge >= 0.3 is 6.03 Å². The lowest BCUT2D eigenvalue weighted by atomic mass is 10.0. The van der Waals surface area contributed by atoms with E-state index in [2.05, 4.69) is 10.6 Å². The molecule has 132 valence electrons. The highest BCUT2D eigenvalue weighted by Crippen LogP contribution is 2.34. The van der Waals surface area contributed by atoms with Gasteiger partial charge in [-0.05, 0) is 18.1 Å². The minimum atomic E-state index is -0.446. The quantitative estimate of drug-likeness (QED) is 0.777. The van der Waals surface area contributed by atoms with Crippen LogP contribution in [-0.4, -0.2) is 37.5 Å². The molecule has 25 heavy (non-hydrogen) atoms. The van der Waals surface area contributed by atoms with Crippen molar-refractivity contribution in [1.29, 1.82) is 0 Å². The molecule has 6 nitrogen and oxygen atoms in total. The minimum Gasteiger partial charge on any atom is -0.493 e. The van der Waals surface area contributed by atoms with Gasteiger partial charge < -0.3 is 25.2 Å². The summed E-state index contributed by atoms with van der Waals surface area (Å²) in [7, 11) is 1.61. The number of methoxy groups -OCH3 is 1. The molecule has 0 saturated carbocycles. The van der Waals surface area contributed by atoms with Crippen molar-refractivity contribution in [2.45, 2.75) is 18.5 Å². The van der Waals surface area contributed by atoms with Crippen molar-refractivity contribution in [3.8, 4) is 11.5 Å². The number of aliphatic hydroxyl groups is 1. The molecule has 2 amide bonds. The second kappa shape index (κ2) is 7.90. The van der Waals surface area contributed by atoms with Gasteiger partial charge in [-0.15, -0.1) is 0 Å². The van der Waals surface area contributed by atoms with Gasteiger partial charge in [-0.1, -0.05) is 42.5 Å². The van der Waals surface area contributed by atoms with Crippen molar-refractivity contribution >= 4 is 6.03 Å². The fourth-order valence-corrected chi connectivity index (χ4v) is 2.95. The molecule has 2 atom stereocenters. The SMILES string of the molecule is COc1cccc2c1OC[C@@H](NC(=O)N[C@@H](CO)c1ccccc1)C2. The summed E-state index contributed by atoms with van der Waals surface area (Å²) in [6.45, 7) is 0.203. The second-order valence-electron chi connectivity index (χ2n) is 5.92. The third-order valence-electron chi connectivity index (χ3n) is 4.20. The van der Waals surface area contributed by atoms with E-state index < -0.39 is 6.04 Å². The van der Waals surface area contributed by atoms with Gasteiger partial charge in [0, 0.05) is 5.56 Å². The van der Waals surface area contributed by atoms with E-state index in [9.17, 15) is 9.90 Å². The summed E-state index contributed by atoms with van der Waals surface area (Å²) in [5, 5.41) is 15.2. The zero-order chi connectivity index (χ0) is 17.6. The van der Waals surface area contributed by atoms with E-state index in [-0.39, 0.29) is 18.7 Å². The normalized spacial score (nSPS) is 17.0. The predicted octanol–water partition coefficient (Wildman–Crippen LogP) is 2.03. The van der Waals surface area contributed by atoms with Crippen molar-refractivity contribution < 1.29 is 19.4 Å². The molecule has 6 heteroatoms. The Balaban J connectivity index is 1.60. The summed E-state index contributed by atoms with van der Waals surface area (Å²) >= 11 is 0. The van der Waals surface area contributed by atoms with Gasteiger partial charge in [-0.3, -0.25) is 0 Å². The fraction of sp³-hybridized carbons (Fsp3) is 0.316. The molecule has 0 spiro atoms. The number of ether oxygens (including phenoxy) is 2. The van der Waals surface area contributed by atoms with Gasteiger partial charge in [0.2, 0.25) is 0 Å². The van der Waals surface area contributed by atoms with Crippen molar-refractivity contribution in [3.63, 3.8) is 0 Å². The van der Waals surface area contributed by atoms with Crippen LogP contribution in [0, 0.1) is 0 Å². The van der Waals surface area contributed by atoms with Crippen LogP contribution in [0.3, 0.4) is 0 Å². The number of benzene rings is 2. The van der Waals surface area contributed by atoms with Crippen LogP contribution in [0.15, 0.2) is 48.5 Å². The number of hydrogen-bond donors (Lipinski definition) is 3. The molecule has 1 aliphatic rings. The maximum atomic E-state index is 12.3. The van der Waals surface area contributed by atoms with Gasteiger partial charge in [0.05, 0.1) is 25.8 Å². The first-order valence-corrected chi connectivity index (χ1v) is 8.22. The van der Waals surface area contributed by atoms with Crippen molar-refractivity contribution in [3.05, 3.63) is 59.7 Å². The average Bonchev–Trinajstić information content (AvgIpc) is 2.66. The molecule has 0 aromatic heterocycles. The minimum absolute atomic E-state index is 0.144. The van der Waals surface area contributed by atoms with Crippen LogP contribution < -0.4 is 20.1 Å². The van der Waals surface area contributed by atoms with E-state index >= 15 is 0 Å². The van der Waals surface area contributed by atoms with E-state index in [1.807, 2.05) is 48.5 Å². The Hall–Kier alpha value is -2.73. The third kappa shape index (κ3) is 4.03. The number of fused-ring (bicyclic) bond motifs is 1. The Bertz CT molecular complexity index is 721. The number of aliphatic hydroxyl groups excluding tert-OH is 1. The van der Waals surface area contributed by atoms with Gasteiger partial charge in [0.1, 0.15) is 6.61 Å². The largest absolute Gasteiger partial charge is 0.493 e. The molecule has 1 aliphatic heterocycles. The molecule has 0 aliphatic carbocycles. The number of carbonyl (C=O) groups excluding carboxylic acids is 1. The number of rotatable bonds is 5. The molecule has 0 fully saturated rings. The van der Waals surface area contributed by atoms with Crippen LogP contribution in [0.1, 0.15) is 17.2 Å². The molecule has 0 unspecified atom stereocenters. The van der Waals surface area contributed by atoms with E-state index in [1.54, 1.807) is 7.11 Å². The molecule has 3 N–H and O–H groups in total. The Kier molecular flexibility index (Phi) is 5.40. The summed E-state index contributed by atoms with van der Waals surface area (Å²) < 4.78 is 11.1. The highest BCUT2D eigenvalue weighted by atomic mass is 16.5. The number of nitrogens with one attached hydrogen (secondary N) is 2. The number of carbonyl (C=O) groups is 1. The molecule has 1 heterocycles. The van der Waals surface area contributed by atoms with Gasteiger partial charge in [0.25, 0.3) is 0 Å². The highest BCUT2D eigenvalue weighted by molar-refractivity contribution is 5.75. The summed E-state index contributed by atoms with van der Waals surface area (Å²) in [6, 6.07) is 14.2. The molecule has 2 aromatic rings. The van der Waals surface area contributed by atoms with E-state index in [1.165, 1.54) is 0 Å². The van der Waals surface area contributed by atoms with Gasteiger partial charge in [0.15, 0.2) is 11.5 Å². The maximum Gasteiger partial charge on any atom is 0.315 e. The molecule has 0 radical (unpaired) electrons. The number of para-hydroxylation sites is 1. The third-order valence-corrected chi connectivity index (χ3v) is 4.20. The highest BCUT2D eigenvalue weighted by Gasteiger charge is 2.24. The lowest BCUT2D eigenvalue weighted by Crippen LogP contribution is -2.48. The van der Waals surface area contributed by atoms with E-state index in [0.717, 1.165) is 16.9 Å². The number of urea groups is 1. The van der Waals surface area contributed by atoms with Crippen LogP contribution in [0.5, 0.6) is 11.5 Å². The van der Waals surface area contributed by atoms with Crippen LogP contribution in [0.25, 0.3) is 0 Å². The molecular formula is C19H22N2O4. The molecular weight excluding hydrogens is 320 g/mol. The monoisotopic (exact) mass is 342 g/mol. The summed E-state index contributed by atoms with van der Waals surface area (Å²) in [5.74, 6) is 1.44. The van der Waals surface area contributed by atoms with Crippen molar-refractivity contribution in [2.75, 3.05) is 20.3 Å². The van der Waals surface area contributed by atoms with E-state index in [0.29, 0.717) is 18.8 Å². The number of hydrogen-bond acceptors (Lipinski definition) is 4. The standard InChI is InChI=1S/C19H22N2O4/c1-24-17-9-5-8-14-10-15(12-25-18(14)17)20-19(23)21-16(11-22)13-6-3-2-4-7-13/h2-9,15-16,22H,10-12H2,1H3,(H2,20,21,23)/t15-,16-/m0/s1. The first kappa shape index (κ1) is 17.1. The lowest BCUT2D eigenvalue weighted by Gasteiger charge is -2.28. The van der Waals surface area contributed by atoms with Gasteiger partial charge in [-0.25, -0.2) is 4.79 Å². The zero-order valence-electron chi connectivity index (χ0n) is 14.1. The number of amides is 2. The second-order valence-corrected chi connectivity index (χ2v) is 5.92. The molecule has 0 saturated heterocycles. The smallest absolute Gasteiger partial charge is 0.315 e. The first-order valence-electron chi connectivity index (χ1n) is 8.22. The van der Waals surface area contributed by atoms with Gasteiger partial charge in [-0.2, -0.15) is 0 Å². The van der Waals surface area contributed by atoms with Crippen LogP contribution in [0.2, 0.25) is 0 Å². The Morgan fingerprint density at radius 3 is 2.80 bits per heavy atom. The fourth-order valence-electron chi connectivity index (χ4n) is 2.95. The summed E-state index contributed by atoms with van der Waals surface area (Å²) in [4.78, 5) is 12.3. The summed E-state index contributed by atoms with van der Waals surface area (Å²) in [6.07, 6.45) is 0.662. The maximum absolute atomic E-state index is 12.3. The zero-order valence-corrected chi connectivity index (χ0v) is 14.1. The summed E-state index contributed by atoms with van der Waals surface area (Å²) in [5.41, 5.74) is 1.85. The van der Waals surface area contributed by atoms with Crippen molar-refractivity contribution in [2.24, 2.45) is 0 Å². The van der Waals surface area contributed by atoms with Crippen LogP contribution >= 0.6 is 0 Å². The molecule has 0 bridgehead atoms. The first-order chi connectivity index (χ1) is 12.2. The lowest BCUT2D eigenvalue weighted by molar-refractivity contribution is 0.198. The van der Waals surface area contributed by atoms with E-state index in [4.69, 9.17) is 9.47 Å². The molecule has 3 rings (SSSR count). The molecule has 2 aromatic carbocycles. The Morgan fingerprint density at radius 2 is 2.08 bits per heavy atom. The van der Waals surface area contributed by atoms with Crippen LogP contribution in [-0.2, 0) is 6.42 Å². The van der Waals surface area contributed by atoms with Crippen LogP contribution in [0.4, 0.5) is 4.79 Å². The Labute approximate surface area is 146 Å². The van der Waals surface area contributed by atoms with Crippen molar-refractivity contribution in [1.82, 2.24) is 10.6 Å². The topological polar surface area (TPSA) is 79.8 Å².